The zero-order valence-corrected chi connectivity index (χ0v) is 27.2. The Kier molecular flexibility index (Phi) is 11.0. The van der Waals surface area contributed by atoms with Crippen molar-refractivity contribution in [3.05, 3.63) is 53.7 Å². The third kappa shape index (κ3) is 8.16. The van der Waals surface area contributed by atoms with Gasteiger partial charge in [0.15, 0.2) is 36.5 Å². The van der Waals surface area contributed by atoms with E-state index in [1.54, 1.807) is 19.9 Å². The lowest BCUT2D eigenvalue weighted by Crippen LogP contribution is -2.76. The maximum Gasteiger partial charge on any atom is 0.325 e. The molecule has 1 aliphatic heterocycles. The maximum absolute atomic E-state index is 13.1. The highest BCUT2D eigenvalue weighted by Crippen LogP contribution is 2.32. The number of nitrogens with zero attached hydrogens (tertiary/aromatic N) is 6. The van der Waals surface area contributed by atoms with Gasteiger partial charge in [-0.15, -0.1) is 25.0 Å². The molecule has 1 fully saturated rings. The number of aromatic nitrogens is 4. The predicted molar refractivity (Wildman–Crippen MR) is 170 cm³/mol. The van der Waals surface area contributed by atoms with Crippen LogP contribution < -0.4 is 25.8 Å². The summed E-state index contributed by atoms with van der Waals surface area (Å²) in [6.45, 7) is 2.96. The molecule has 1 saturated heterocycles. The molecular weight excluding hydrogens is 658 g/mol. The van der Waals surface area contributed by atoms with Crippen LogP contribution in [0.3, 0.4) is 0 Å². The van der Waals surface area contributed by atoms with E-state index in [0.29, 0.717) is 11.6 Å². The summed E-state index contributed by atoms with van der Waals surface area (Å²) in [7, 11) is 3.89. The van der Waals surface area contributed by atoms with Crippen LogP contribution in [0, 0.1) is 0 Å². The Balaban J connectivity index is 0.00000160. The first-order chi connectivity index (χ1) is 22.3. The molecule has 5 rings (SSSR count). The predicted octanol–water partition coefficient (Wildman–Crippen LogP) is 0.855. The number of carbonyl (C=O) groups is 3. The zero-order chi connectivity index (χ0) is 34.3. The number of rotatable bonds is 12. The summed E-state index contributed by atoms with van der Waals surface area (Å²) in [6, 6.07) is 10.2. The molecule has 2 unspecified atom stereocenters. The number of pyridine rings is 1. The van der Waals surface area contributed by atoms with Gasteiger partial charge in [-0.3, -0.25) is 18.9 Å². The van der Waals surface area contributed by atoms with Crippen LogP contribution in [-0.4, -0.2) is 82.4 Å². The number of nitrogen functional groups attached to an aromatic ring is 1. The van der Waals surface area contributed by atoms with Gasteiger partial charge < -0.3 is 31.0 Å². The van der Waals surface area contributed by atoms with Crippen LogP contribution in [0.4, 0.5) is 16.8 Å². The first-order valence-corrected chi connectivity index (χ1v) is 15.5. The molecule has 0 bridgehead atoms. The van der Waals surface area contributed by atoms with Crippen molar-refractivity contribution in [2.24, 2.45) is 19.3 Å². The average Bonchev–Trinajstić information content (AvgIpc) is 3.60. The van der Waals surface area contributed by atoms with Crippen molar-refractivity contribution in [2.45, 2.75) is 25.4 Å². The lowest BCUT2D eigenvalue weighted by atomic mass is 9.84. The molecule has 6 N–H and O–H groups in total. The van der Waals surface area contributed by atoms with Crippen LogP contribution >= 0.6 is 11.3 Å². The number of ether oxygens (including phenoxy) is 1. The third-order valence-corrected chi connectivity index (χ3v) is 7.81. The summed E-state index contributed by atoms with van der Waals surface area (Å²) in [4.78, 5) is 48.0. The van der Waals surface area contributed by atoms with Gasteiger partial charge in [-0.25, -0.2) is 9.97 Å². The van der Waals surface area contributed by atoms with Gasteiger partial charge in [0.2, 0.25) is 0 Å². The number of aryl methyl sites for hydroxylation is 1. The summed E-state index contributed by atoms with van der Waals surface area (Å²) in [5, 5.41) is 20.0. The number of carbonyl (C=O) groups excluding carboxylic acids is 2. The Morgan fingerprint density at radius 3 is 2.62 bits per heavy atom. The van der Waals surface area contributed by atoms with Gasteiger partial charge in [0, 0.05) is 10.8 Å². The standard InChI is InChI=1S/C26H29N9O7S2.CH2O2/c1-26(2)22(24(37)35(26)42-44(38)39)31-23(36)21(18-14-43-25(27)29-18)32-41-12-11-40-16-6-7-17-15(13-16)5-8-19(28-17)30-20-9-10-33(3)34(20)4;2-1-3/h5-10,13-14,22H,11-12H2,1-4H3,(H4,27,29,31,36,38,39);1H,(H,2,3)/p+1/b32-21-;. The van der Waals surface area contributed by atoms with Crippen LogP contribution in [0.5, 0.6) is 5.75 Å². The average molecular weight is 691 g/mol. The summed E-state index contributed by atoms with van der Waals surface area (Å²) >= 11 is -1.61. The van der Waals surface area contributed by atoms with E-state index in [1.807, 2.05) is 60.0 Å². The molecule has 2 atom stereocenters. The van der Waals surface area contributed by atoms with Gasteiger partial charge in [-0.05, 0) is 44.2 Å². The summed E-state index contributed by atoms with van der Waals surface area (Å²) in [5.41, 5.74) is 5.35. The minimum Gasteiger partial charge on any atom is -0.490 e. The number of hydrogen-bond donors (Lipinski definition) is 5. The van der Waals surface area contributed by atoms with Gasteiger partial charge in [-0.1, -0.05) is 5.16 Å². The number of thiazole rings is 1. The molecule has 4 heterocycles. The van der Waals surface area contributed by atoms with Crippen LogP contribution in [-0.2, 0) is 49.0 Å². The summed E-state index contributed by atoms with van der Waals surface area (Å²) < 4.78 is 34.3. The number of nitrogens with two attached hydrogens (primary N) is 1. The number of nitrogens with one attached hydrogen (secondary N) is 2. The number of benzene rings is 1. The van der Waals surface area contributed by atoms with Crippen molar-refractivity contribution >= 4 is 74.4 Å². The van der Waals surface area contributed by atoms with E-state index < -0.39 is 34.8 Å². The number of hydroxylamine groups is 2. The fraction of sp³-hybridized carbons (Fsp3) is 0.296. The van der Waals surface area contributed by atoms with E-state index in [1.165, 1.54) is 5.38 Å². The molecule has 1 aliphatic rings. The minimum absolute atomic E-state index is 0.0125. The number of β-lactam (4-membered cyclic amide) rings is 1. The van der Waals surface area contributed by atoms with Crippen LogP contribution in [0.15, 0.2) is 53.1 Å². The van der Waals surface area contributed by atoms with Gasteiger partial charge in [0.05, 0.1) is 24.2 Å². The van der Waals surface area contributed by atoms with Crippen molar-refractivity contribution in [1.29, 1.82) is 0 Å². The highest BCUT2D eigenvalue weighted by molar-refractivity contribution is 7.74. The number of anilines is 3. The second-order valence-corrected chi connectivity index (χ2v) is 11.7. The molecule has 2 amide bonds. The third-order valence-electron chi connectivity index (χ3n) is 6.86. The van der Waals surface area contributed by atoms with E-state index in [-0.39, 0.29) is 36.2 Å². The number of fused-ring (bicyclic) bond motifs is 1. The SMILES string of the molecule is Cn1c(Nc2ccc3cc(OCCO/N=C(\C(=O)NC4C(=O)N(OS(=O)O)C4(C)C)c4csc(N)n4)ccc3n2)cc[n+]1C.O=CO. The van der Waals surface area contributed by atoms with Crippen LogP contribution in [0.1, 0.15) is 19.5 Å². The fourth-order valence-corrected chi connectivity index (χ4v) is 5.31. The van der Waals surface area contributed by atoms with Crippen molar-refractivity contribution in [3.8, 4) is 5.75 Å². The van der Waals surface area contributed by atoms with E-state index in [4.69, 9.17) is 29.8 Å². The molecule has 250 valence electrons. The molecular formula is C27H32N9O9S2+. The quantitative estimate of drug-likeness (QED) is 0.0264. The van der Waals surface area contributed by atoms with E-state index in [2.05, 4.69) is 30.0 Å². The highest BCUT2D eigenvalue weighted by atomic mass is 32.2. The Hall–Kier alpha value is -5.18. The Morgan fingerprint density at radius 2 is 2.00 bits per heavy atom. The normalized spacial score (nSPS) is 16.0. The number of hydrogen-bond acceptors (Lipinski definition) is 13. The van der Waals surface area contributed by atoms with E-state index in [9.17, 15) is 13.8 Å². The number of amides is 2. The number of carboxylic acid groups (broad SMARTS) is 1. The Morgan fingerprint density at radius 1 is 1.26 bits per heavy atom. The molecule has 0 radical (unpaired) electrons. The summed E-state index contributed by atoms with van der Waals surface area (Å²) in [6.07, 6.45) is 1.94. The second kappa shape index (κ2) is 14.9. The molecule has 1 aromatic carbocycles. The Labute approximate surface area is 274 Å². The first kappa shape index (κ1) is 34.7. The lowest BCUT2D eigenvalue weighted by Gasteiger charge is -2.50. The van der Waals surface area contributed by atoms with E-state index in [0.717, 1.165) is 33.1 Å². The summed E-state index contributed by atoms with van der Waals surface area (Å²) in [5.74, 6) is 0.733. The molecule has 0 spiro atoms. The minimum atomic E-state index is -2.70. The molecule has 20 heteroatoms. The maximum atomic E-state index is 13.1. The van der Waals surface area contributed by atoms with Crippen molar-refractivity contribution in [2.75, 3.05) is 24.3 Å². The molecule has 0 saturated carbocycles. The lowest BCUT2D eigenvalue weighted by molar-refractivity contribution is -0.750. The van der Waals surface area contributed by atoms with Crippen molar-refractivity contribution in [3.63, 3.8) is 0 Å². The van der Waals surface area contributed by atoms with Gasteiger partial charge in [-0.2, -0.15) is 9.27 Å². The molecule has 4 aromatic rings. The molecule has 3 aromatic heterocycles. The monoisotopic (exact) mass is 690 g/mol. The highest BCUT2D eigenvalue weighted by Gasteiger charge is 2.57. The second-order valence-electron chi connectivity index (χ2n) is 10.3. The van der Waals surface area contributed by atoms with Gasteiger partial charge in [0.1, 0.15) is 29.9 Å². The molecule has 18 nitrogen and oxygen atoms in total. The van der Waals surface area contributed by atoms with Crippen molar-refractivity contribution in [1.82, 2.24) is 25.0 Å². The fourth-order valence-electron chi connectivity index (χ4n) is 4.37. The smallest absolute Gasteiger partial charge is 0.325 e. The van der Waals surface area contributed by atoms with Gasteiger partial charge >= 0.3 is 11.4 Å². The Bertz CT molecular complexity index is 1830. The number of oxime groups is 1. The van der Waals surface area contributed by atoms with Crippen LogP contribution in [0.2, 0.25) is 0 Å². The van der Waals surface area contributed by atoms with Crippen molar-refractivity contribution < 1.29 is 46.8 Å². The molecule has 0 aliphatic carbocycles. The topological polar surface area (TPSA) is 237 Å². The molecule has 47 heavy (non-hydrogen) atoms. The zero-order valence-electron chi connectivity index (χ0n) is 25.5. The first-order valence-electron chi connectivity index (χ1n) is 13.6. The van der Waals surface area contributed by atoms with Crippen LogP contribution in [0.25, 0.3) is 10.9 Å². The largest absolute Gasteiger partial charge is 0.490 e. The van der Waals surface area contributed by atoms with E-state index >= 15 is 0 Å². The van der Waals surface area contributed by atoms with Gasteiger partial charge in [0.25, 0.3) is 18.3 Å².